The Morgan fingerprint density at radius 2 is 2.09 bits per heavy atom. The molecule has 2 unspecified atom stereocenters. The van der Waals surface area contributed by atoms with Crippen LogP contribution in [-0.2, 0) is 9.59 Å². The van der Waals surface area contributed by atoms with E-state index >= 15 is 0 Å². The van der Waals surface area contributed by atoms with Gasteiger partial charge in [-0.15, -0.1) is 0 Å². The molecule has 126 valence electrons. The van der Waals surface area contributed by atoms with Gasteiger partial charge in [-0.2, -0.15) is 0 Å². The molecule has 2 amide bonds. The second kappa shape index (κ2) is 10.4. The first-order valence-corrected chi connectivity index (χ1v) is 8.47. The molecule has 5 nitrogen and oxygen atoms in total. The van der Waals surface area contributed by atoms with E-state index in [1.165, 1.54) is 19.3 Å². The van der Waals surface area contributed by atoms with Gasteiger partial charge in [-0.3, -0.25) is 14.5 Å². The lowest BCUT2D eigenvalue weighted by molar-refractivity contribution is -0.130. The topological polar surface area (TPSA) is 61.4 Å². The fourth-order valence-corrected chi connectivity index (χ4v) is 2.78. The Bertz CT molecular complexity index is 382. The summed E-state index contributed by atoms with van der Waals surface area (Å²) in [4.78, 5) is 26.3. The summed E-state index contributed by atoms with van der Waals surface area (Å²) in [5, 5.41) is 5.53. The predicted molar refractivity (Wildman–Crippen MR) is 89.5 cm³/mol. The van der Waals surface area contributed by atoms with Crippen LogP contribution in [0.15, 0.2) is 12.2 Å². The fourth-order valence-electron chi connectivity index (χ4n) is 2.78. The molecule has 0 aromatic carbocycles. The molecule has 0 saturated carbocycles. The Labute approximate surface area is 134 Å². The average Bonchev–Trinajstić information content (AvgIpc) is 2.94. The Hall–Kier alpha value is -1.36. The maximum absolute atomic E-state index is 12.3. The van der Waals surface area contributed by atoms with E-state index in [0.29, 0.717) is 6.42 Å². The van der Waals surface area contributed by atoms with E-state index in [2.05, 4.69) is 28.5 Å². The van der Waals surface area contributed by atoms with Crippen LogP contribution in [0.3, 0.4) is 0 Å². The lowest BCUT2D eigenvalue weighted by Gasteiger charge is -2.22. The van der Waals surface area contributed by atoms with Crippen molar-refractivity contribution < 1.29 is 9.59 Å². The van der Waals surface area contributed by atoms with E-state index in [9.17, 15) is 9.59 Å². The summed E-state index contributed by atoms with van der Waals surface area (Å²) in [5.41, 5.74) is 0. The molecule has 0 radical (unpaired) electrons. The number of nitrogens with one attached hydrogen (secondary N) is 2. The van der Waals surface area contributed by atoms with E-state index in [0.717, 1.165) is 25.8 Å². The Morgan fingerprint density at radius 1 is 1.32 bits per heavy atom. The summed E-state index contributed by atoms with van der Waals surface area (Å²) in [7, 11) is 3.56. The van der Waals surface area contributed by atoms with Crippen LogP contribution >= 0.6 is 0 Å². The van der Waals surface area contributed by atoms with Gasteiger partial charge in [0, 0.05) is 7.05 Å². The maximum Gasteiger partial charge on any atom is 0.242 e. The van der Waals surface area contributed by atoms with Crippen molar-refractivity contribution in [3.63, 3.8) is 0 Å². The van der Waals surface area contributed by atoms with Crippen molar-refractivity contribution in [2.45, 2.75) is 64.0 Å². The van der Waals surface area contributed by atoms with E-state index < -0.39 is 6.04 Å². The highest BCUT2D eigenvalue weighted by Gasteiger charge is 2.30. The molecule has 0 aliphatic carbocycles. The number of hydrogen-bond donors (Lipinski definition) is 2. The minimum absolute atomic E-state index is 0.0343. The molecule has 1 fully saturated rings. The number of likely N-dealkylation sites (N-methyl/N-ethyl adjacent to an activating group) is 2. The van der Waals surface area contributed by atoms with E-state index in [-0.39, 0.29) is 17.9 Å². The molecule has 0 aromatic heterocycles. The number of likely N-dealkylation sites (tertiary alicyclic amines) is 1. The standard InChI is InChI=1S/C17H31N3O2/c1-4-5-6-7-8-9-11-14(16(21)18-2)19-17(22)15-12-10-13-20(15)3/h8-9,14-15H,4-7,10-13H2,1-3H3,(H,18,21)(H,19,22)/b9-8-. The van der Waals surface area contributed by atoms with Gasteiger partial charge in [0.05, 0.1) is 6.04 Å². The van der Waals surface area contributed by atoms with Crippen LogP contribution in [0, 0.1) is 0 Å². The van der Waals surface area contributed by atoms with Gasteiger partial charge in [-0.05, 0) is 45.7 Å². The molecule has 1 aliphatic rings. The van der Waals surface area contributed by atoms with Gasteiger partial charge >= 0.3 is 0 Å². The zero-order chi connectivity index (χ0) is 16.4. The summed E-state index contributed by atoms with van der Waals surface area (Å²) in [5.74, 6) is -0.166. The van der Waals surface area contributed by atoms with Crippen molar-refractivity contribution in [1.29, 1.82) is 0 Å². The first-order chi connectivity index (χ1) is 10.6. The smallest absolute Gasteiger partial charge is 0.242 e. The Kier molecular flexibility index (Phi) is 8.82. The Balaban J connectivity index is 2.46. The van der Waals surface area contributed by atoms with Crippen molar-refractivity contribution in [2.75, 3.05) is 20.6 Å². The van der Waals surface area contributed by atoms with Gasteiger partial charge in [0.15, 0.2) is 0 Å². The third-order valence-corrected chi connectivity index (χ3v) is 4.22. The second-order valence-electron chi connectivity index (χ2n) is 6.02. The van der Waals surface area contributed by atoms with Gasteiger partial charge in [0.2, 0.25) is 11.8 Å². The normalized spacial score (nSPS) is 20.2. The van der Waals surface area contributed by atoms with Crippen LogP contribution in [0.5, 0.6) is 0 Å². The summed E-state index contributed by atoms with van der Waals surface area (Å²) >= 11 is 0. The number of amides is 2. The summed E-state index contributed by atoms with van der Waals surface area (Å²) in [6.07, 6.45) is 11.2. The van der Waals surface area contributed by atoms with Crippen molar-refractivity contribution >= 4 is 11.8 Å². The van der Waals surface area contributed by atoms with E-state index in [1.807, 2.05) is 13.1 Å². The van der Waals surface area contributed by atoms with E-state index in [1.54, 1.807) is 7.05 Å². The largest absolute Gasteiger partial charge is 0.357 e. The SMILES string of the molecule is CCCCC/C=C\CC(NC(=O)C1CCCN1C)C(=O)NC. The van der Waals surface area contributed by atoms with Crippen LogP contribution in [0.4, 0.5) is 0 Å². The molecule has 5 heteroatoms. The average molecular weight is 309 g/mol. The molecule has 0 aromatic rings. The number of carbonyl (C=O) groups is 2. The molecule has 22 heavy (non-hydrogen) atoms. The van der Waals surface area contributed by atoms with Gasteiger partial charge in [0.1, 0.15) is 6.04 Å². The molecule has 0 bridgehead atoms. The Morgan fingerprint density at radius 3 is 2.68 bits per heavy atom. The highest BCUT2D eigenvalue weighted by atomic mass is 16.2. The molecular formula is C17H31N3O2. The summed E-state index contributed by atoms with van der Waals surface area (Å²) in [6.45, 7) is 3.13. The van der Waals surface area contributed by atoms with Crippen LogP contribution in [0.1, 0.15) is 51.9 Å². The lowest BCUT2D eigenvalue weighted by Crippen LogP contribution is -2.50. The molecular weight excluding hydrogens is 278 g/mol. The van der Waals surface area contributed by atoms with E-state index in [4.69, 9.17) is 0 Å². The predicted octanol–water partition coefficient (Wildman–Crippen LogP) is 1.84. The second-order valence-corrected chi connectivity index (χ2v) is 6.02. The molecule has 2 N–H and O–H groups in total. The number of rotatable bonds is 9. The van der Waals surface area contributed by atoms with Gasteiger partial charge in [-0.1, -0.05) is 31.9 Å². The zero-order valence-electron chi connectivity index (χ0n) is 14.2. The summed E-state index contributed by atoms with van der Waals surface area (Å²) in [6, 6.07) is -0.574. The minimum atomic E-state index is -0.478. The molecule has 0 spiro atoms. The number of hydrogen-bond acceptors (Lipinski definition) is 3. The zero-order valence-corrected chi connectivity index (χ0v) is 14.2. The maximum atomic E-state index is 12.3. The lowest BCUT2D eigenvalue weighted by atomic mass is 10.1. The fraction of sp³-hybridized carbons (Fsp3) is 0.765. The van der Waals surface area contributed by atoms with Crippen molar-refractivity contribution in [1.82, 2.24) is 15.5 Å². The van der Waals surface area contributed by atoms with Crippen LogP contribution in [0.2, 0.25) is 0 Å². The third-order valence-electron chi connectivity index (χ3n) is 4.22. The third kappa shape index (κ3) is 6.18. The van der Waals surface area contributed by atoms with Gasteiger partial charge in [-0.25, -0.2) is 0 Å². The van der Waals surface area contributed by atoms with Crippen molar-refractivity contribution in [2.24, 2.45) is 0 Å². The number of nitrogens with zero attached hydrogens (tertiary/aromatic N) is 1. The van der Waals surface area contributed by atoms with Gasteiger partial charge < -0.3 is 10.6 Å². The van der Waals surface area contributed by atoms with Crippen LogP contribution < -0.4 is 10.6 Å². The van der Waals surface area contributed by atoms with Crippen LogP contribution in [0.25, 0.3) is 0 Å². The first kappa shape index (κ1) is 18.7. The number of carbonyl (C=O) groups excluding carboxylic acids is 2. The molecule has 1 rings (SSSR count). The van der Waals surface area contributed by atoms with Crippen molar-refractivity contribution in [3.8, 4) is 0 Å². The minimum Gasteiger partial charge on any atom is -0.357 e. The molecule has 1 aliphatic heterocycles. The quantitative estimate of drug-likeness (QED) is 0.505. The summed E-state index contributed by atoms with van der Waals surface area (Å²) < 4.78 is 0. The molecule has 2 atom stereocenters. The number of unbranched alkanes of at least 4 members (excludes halogenated alkanes) is 3. The first-order valence-electron chi connectivity index (χ1n) is 8.47. The van der Waals surface area contributed by atoms with Gasteiger partial charge in [0.25, 0.3) is 0 Å². The van der Waals surface area contributed by atoms with Crippen molar-refractivity contribution in [3.05, 3.63) is 12.2 Å². The monoisotopic (exact) mass is 309 g/mol. The number of allylic oxidation sites excluding steroid dienone is 1. The molecule has 1 saturated heterocycles. The highest BCUT2D eigenvalue weighted by Crippen LogP contribution is 2.15. The van der Waals surface area contributed by atoms with Crippen LogP contribution in [-0.4, -0.2) is 49.4 Å². The molecule has 1 heterocycles. The highest BCUT2D eigenvalue weighted by molar-refractivity contribution is 5.89.